The van der Waals surface area contributed by atoms with E-state index in [0.717, 1.165) is 49.7 Å². The van der Waals surface area contributed by atoms with Crippen LogP contribution in [0.2, 0.25) is 0 Å². The van der Waals surface area contributed by atoms with Crippen molar-refractivity contribution in [2.45, 2.75) is 13.5 Å². The molecule has 1 aliphatic rings. The predicted molar refractivity (Wildman–Crippen MR) is 122 cm³/mol. The van der Waals surface area contributed by atoms with E-state index in [1.165, 1.54) is 4.57 Å². The number of hydrogen-bond acceptors (Lipinski definition) is 8. The second-order valence-corrected chi connectivity index (χ2v) is 7.97. The third kappa shape index (κ3) is 4.94. The number of ether oxygens (including phenoxy) is 2. The Morgan fingerprint density at radius 2 is 1.91 bits per heavy atom. The van der Waals surface area contributed by atoms with Gasteiger partial charge in [0.05, 0.1) is 32.2 Å². The number of morpholine rings is 1. The van der Waals surface area contributed by atoms with E-state index in [0.29, 0.717) is 36.0 Å². The van der Waals surface area contributed by atoms with Crippen LogP contribution >= 0.6 is 0 Å². The molecule has 0 bridgehead atoms. The maximum absolute atomic E-state index is 12.3. The van der Waals surface area contributed by atoms with Crippen LogP contribution in [0.3, 0.4) is 0 Å². The van der Waals surface area contributed by atoms with Gasteiger partial charge in [0.25, 0.3) is 0 Å². The molecule has 4 aromatic rings. The van der Waals surface area contributed by atoms with Crippen molar-refractivity contribution in [2.75, 3.05) is 39.5 Å². The zero-order chi connectivity index (χ0) is 22.6. The molecular weight excluding hydrogens is 422 g/mol. The van der Waals surface area contributed by atoms with Gasteiger partial charge in [-0.25, -0.2) is 19.7 Å². The second kappa shape index (κ2) is 9.51. The number of fused-ring (bicyclic) bond motifs is 1. The fraction of sp³-hybridized carbons (Fsp3) is 0.333. The Kier molecular flexibility index (Phi) is 6.14. The van der Waals surface area contributed by atoms with Gasteiger partial charge in [-0.05, 0) is 30.7 Å². The Bertz CT molecular complexity index is 1290. The minimum Gasteiger partial charge on any atom is -0.489 e. The van der Waals surface area contributed by atoms with Crippen LogP contribution in [-0.4, -0.2) is 63.9 Å². The van der Waals surface area contributed by atoms with Crippen molar-refractivity contribution >= 4 is 11.2 Å². The summed E-state index contributed by atoms with van der Waals surface area (Å²) in [4.78, 5) is 28.0. The van der Waals surface area contributed by atoms with Crippen LogP contribution in [0.1, 0.15) is 11.3 Å². The van der Waals surface area contributed by atoms with Crippen molar-refractivity contribution in [3.63, 3.8) is 0 Å². The third-order valence-corrected chi connectivity index (χ3v) is 5.59. The van der Waals surface area contributed by atoms with E-state index in [2.05, 4.69) is 19.9 Å². The number of hydrogen-bond donors (Lipinski definition) is 0. The van der Waals surface area contributed by atoms with Crippen LogP contribution in [0.4, 0.5) is 0 Å². The molecule has 0 spiro atoms. The first kappa shape index (κ1) is 21.3. The highest BCUT2D eigenvalue weighted by Crippen LogP contribution is 2.20. The molecule has 1 fully saturated rings. The summed E-state index contributed by atoms with van der Waals surface area (Å²) < 4.78 is 18.0. The maximum atomic E-state index is 12.3. The SMILES string of the molecule is Cc1ccc2oc(=O)n(Cc3cccc(-c4ncc(OCCN5CCOCC5)cn4)c3)c2n1. The topological polar surface area (TPSA) is 95.5 Å². The van der Waals surface area contributed by atoms with E-state index in [-0.39, 0.29) is 0 Å². The van der Waals surface area contributed by atoms with Crippen molar-refractivity contribution in [1.82, 2.24) is 24.4 Å². The van der Waals surface area contributed by atoms with Gasteiger partial charge in [0.2, 0.25) is 0 Å². The molecule has 5 rings (SSSR count). The summed E-state index contributed by atoms with van der Waals surface area (Å²) in [5.74, 6) is 0.806. The van der Waals surface area contributed by atoms with E-state index >= 15 is 0 Å². The smallest absolute Gasteiger partial charge is 0.421 e. The van der Waals surface area contributed by atoms with Crippen molar-refractivity contribution < 1.29 is 13.9 Å². The summed E-state index contributed by atoms with van der Waals surface area (Å²) in [5.41, 5.74) is 3.63. The molecule has 9 heteroatoms. The van der Waals surface area contributed by atoms with Gasteiger partial charge in [0.1, 0.15) is 6.61 Å². The standard InChI is InChI=1S/C24H25N5O4/c1-17-5-6-21-23(27-17)29(24(30)33-21)16-18-3-2-4-19(13-18)22-25-14-20(15-26-22)32-12-9-28-7-10-31-11-8-28/h2-6,13-15H,7-12,16H2,1H3. The third-order valence-electron chi connectivity index (χ3n) is 5.59. The lowest BCUT2D eigenvalue weighted by atomic mass is 10.1. The Balaban J connectivity index is 1.27. The predicted octanol–water partition coefficient (Wildman–Crippen LogP) is 2.51. The fourth-order valence-corrected chi connectivity index (χ4v) is 3.83. The van der Waals surface area contributed by atoms with Crippen molar-refractivity contribution in [2.24, 2.45) is 0 Å². The number of pyridine rings is 1. The van der Waals surface area contributed by atoms with Gasteiger partial charge in [0, 0.05) is 30.9 Å². The van der Waals surface area contributed by atoms with E-state index in [4.69, 9.17) is 13.9 Å². The summed E-state index contributed by atoms with van der Waals surface area (Å²) in [6.07, 6.45) is 3.38. The lowest BCUT2D eigenvalue weighted by molar-refractivity contribution is 0.0322. The molecule has 0 N–H and O–H groups in total. The highest BCUT2D eigenvalue weighted by atomic mass is 16.5. The van der Waals surface area contributed by atoms with Crippen LogP contribution in [0.25, 0.3) is 22.6 Å². The molecule has 0 aliphatic carbocycles. The van der Waals surface area contributed by atoms with E-state index in [1.807, 2.05) is 37.3 Å². The maximum Gasteiger partial charge on any atom is 0.421 e. The molecule has 1 saturated heterocycles. The number of aryl methyl sites for hydroxylation is 1. The fourth-order valence-electron chi connectivity index (χ4n) is 3.83. The van der Waals surface area contributed by atoms with Crippen molar-refractivity contribution in [1.29, 1.82) is 0 Å². The molecule has 0 amide bonds. The molecule has 0 atom stereocenters. The molecule has 0 unspecified atom stereocenters. The highest BCUT2D eigenvalue weighted by Gasteiger charge is 2.13. The van der Waals surface area contributed by atoms with Crippen LogP contribution in [0, 0.1) is 6.92 Å². The molecule has 1 aromatic carbocycles. The average molecular weight is 447 g/mol. The summed E-state index contributed by atoms with van der Waals surface area (Å²) in [5, 5.41) is 0. The summed E-state index contributed by atoms with van der Waals surface area (Å²) >= 11 is 0. The zero-order valence-electron chi connectivity index (χ0n) is 18.4. The number of benzene rings is 1. The zero-order valence-corrected chi connectivity index (χ0v) is 18.4. The number of nitrogens with zero attached hydrogens (tertiary/aromatic N) is 5. The first-order valence-corrected chi connectivity index (χ1v) is 11.0. The first-order valence-electron chi connectivity index (χ1n) is 11.0. The van der Waals surface area contributed by atoms with Crippen molar-refractivity contribution in [3.05, 3.63) is 70.6 Å². The monoisotopic (exact) mass is 447 g/mol. The van der Waals surface area contributed by atoms with Gasteiger partial charge in [0.15, 0.2) is 22.8 Å². The molecule has 3 aromatic heterocycles. The van der Waals surface area contributed by atoms with Gasteiger partial charge in [-0.3, -0.25) is 9.47 Å². The Labute approximate surface area is 190 Å². The average Bonchev–Trinajstić information content (AvgIpc) is 3.15. The summed E-state index contributed by atoms with van der Waals surface area (Å²) in [6, 6.07) is 11.4. The van der Waals surface area contributed by atoms with Gasteiger partial charge in [-0.2, -0.15) is 0 Å². The highest BCUT2D eigenvalue weighted by molar-refractivity contribution is 5.68. The number of aromatic nitrogens is 4. The van der Waals surface area contributed by atoms with Gasteiger partial charge in [-0.15, -0.1) is 0 Å². The van der Waals surface area contributed by atoms with Crippen LogP contribution < -0.4 is 10.5 Å². The largest absolute Gasteiger partial charge is 0.489 e. The van der Waals surface area contributed by atoms with Gasteiger partial charge >= 0.3 is 5.76 Å². The molecule has 9 nitrogen and oxygen atoms in total. The van der Waals surface area contributed by atoms with Crippen LogP contribution in [0.15, 0.2) is 58.0 Å². The Hall–Kier alpha value is -3.56. The van der Waals surface area contributed by atoms with E-state index < -0.39 is 5.76 Å². The van der Waals surface area contributed by atoms with Gasteiger partial charge in [-0.1, -0.05) is 18.2 Å². The summed E-state index contributed by atoms with van der Waals surface area (Å²) in [6.45, 7) is 7.09. The van der Waals surface area contributed by atoms with Crippen LogP contribution in [-0.2, 0) is 11.3 Å². The lowest BCUT2D eigenvalue weighted by Gasteiger charge is -2.26. The van der Waals surface area contributed by atoms with Crippen LogP contribution in [0.5, 0.6) is 5.75 Å². The normalized spacial score (nSPS) is 14.6. The molecule has 170 valence electrons. The van der Waals surface area contributed by atoms with E-state index in [1.54, 1.807) is 18.5 Å². The molecule has 0 saturated carbocycles. The second-order valence-electron chi connectivity index (χ2n) is 7.97. The Morgan fingerprint density at radius 3 is 2.73 bits per heavy atom. The number of oxazole rings is 1. The Morgan fingerprint density at radius 1 is 1.09 bits per heavy atom. The minimum absolute atomic E-state index is 0.346. The summed E-state index contributed by atoms with van der Waals surface area (Å²) in [7, 11) is 0. The van der Waals surface area contributed by atoms with E-state index in [9.17, 15) is 4.79 Å². The van der Waals surface area contributed by atoms with Crippen molar-refractivity contribution in [3.8, 4) is 17.1 Å². The quantitative estimate of drug-likeness (QED) is 0.427. The minimum atomic E-state index is -0.427. The number of rotatable bonds is 7. The molecular formula is C24H25N5O4. The lowest BCUT2D eigenvalue weighted by Crippen LogP contribution is -2.38. The van der Waals surface area contributed by atoms with Gasteiger partial charge < -0.3 is 13.9 Å². The molecule has 0 radical (unpaired) electrons. The molecule has 1 aliphatic heterocycles. The first-order chi connectivity index (χ1) is 16.2. The molecule has 33 heavy (non-hydrogen) atoms. The molecule has 4 heterocycles.